The van der Waals surface area contributed by atoms with E-state index < -0.39 is 5.60 Å². The molecule has 2 aromatic heterocycles. The summed E-state index contributed by atoms with van der Waals surface area (Å²) in [5.41, 5.74) is 1.20. The number of β-amino-alcohol motifs (C(OH)–C–C–N with tert-alkyl or cyclic N) is 1. The van der Waals surface area contributed by atoms with E-state index in [1.165, 1.54) is 5.56 Å². The minimum Gasteiger partial charge on any atom is -0.387 e. The molecule has 0 saturated carbocycles. The standard InChI is InChI=1S/C32H46ClN7O3S/c1-31(2,3)24-6-8-25(9-7-24)35-30(41)34-12-4-13-39(15-5-14-38-17-19-43-20-18-38)22-32(42)11-16-40(23-32)27-26-10-21-44-28(26)37-29(33)36-27/h6-10,21,42H,4-5,11-20,22-23H2,1-3H3,(H2,34,35,41). The molecule has 1 unspecified atom stereocenters. The van der Waals surface area contributed by atoms with Crippen LogP contribution in [0.2, 0.25) is 5.28 Å². The number of nitrogens with one attached hydrogen (secondary N) is 2. The zero-order valence-electron chi connectivity index (χ0n) is 26.1. The van der Waals surface area contributed by atoms with Crippen LogP contribution >= 0.6 is 22.9 Å². The summed E-state index contributed by atoms with van der Waals surface area (Å²) in [6.07, 6.45) is 2.44. The number of carbonyl (C=O) groups excluding carboxylic acids is 1. The minimum absolute atomic E-state index is 0.0684. The van der Waals surface area contributed by atoms with Crippen molar-refractivity contribution in [2.45, 2.75) is 51.0 Å². The summed E-state index contributed by atoms with van der Waals surface area (Å²) >= 11 is 7.78. The van der Waals surface area contributed by atoms with Gasteiger partial charge < -0.3 is 30.3 Å². The van der Waals surface area contributed by atoms with E-state index in [-0.39, 0.29) is 16.7 Å². The number of anilines is 2. The molecule has 2 saturated heterocycles. The van der Waals surface area contributed by atoms with Crippen molar-refractivity contribution in [2.75, 3.05) is 82.3 Å². The largest absolute Gasteiger partial charge is 0.387 e. The Balaban J connectivity index is 1.14. The van der Waals surface area contributed by atoms with Crippen molar-refractivity contribution in [3.05, 3.63) is 46.6 Å². The second-order valence-corrected chi connectivity index (χ2v) is 14.2. The highest BCUT2D eigenvalue weighted by Crippen LogP contribution is 2.34. The lowest BCUT2D eigenvalue weighted by molar-refractivity contribution is 0.0168. The minimum atomic E-state index is -0.872. The fourth-order valence-corrected chi connectivity index (χ4v) is 6.96. The summed E-state index contributed by atoms with van der Waals surface area (Å²) in [4.78, 5) is 29.2. The average Bonchev–Trinajstić information content (AvgIpc) is 3.62. The van der Waals surface area contributed by atoms with Crippen LogP contribution in [0.25, 0.3) is 10.2 Å². The number of benzene rings is 1. The Kier molecular flexibility index (Phi) is 11.0. The van der Waals surface area contributed by atoms with E-state index >= 15 is 0 Å². The topological polar surface area (TPSA) is 106 Å². The van der Waals surface area contributed by atoms with Crippen molar-refractivity contribution in [1.29, 1.82) is 0 Å². The Morgan fingerprint density at radius 3 is 2.61 bits per heavy atom. The molecular weight excluding hydrogens is 598 g/mol. The Bertz CT molecular complexity index is 1380. The summed E-state index contributed by atoms with van der Waals surface area (Å²) in [6, 6.07) is 9.82. The monoisotopic (exact) mass is 643 g/mol. The van der Waals surface area contributed by atoms with Gasteiger partial charge in [0.2, 0.25) is 5.28 Å². The molecule has 2 aliphatic heterocycles. The number of amides is 2. The number of aromatic nitrogens is 2. The third-order valence-corrected chi connectivity index (χ3v) is 9.40. The van der Waals surface area contributed by atoms with Crippen molar-refractivity contribution in [3.63, 3.8) is 0 Å². The lowest BCUT2D eigenvalue weighted by Crippen LogP contribution is -2.47. The summed E-state index contributed by atoms with van der Waals surface area (Å²) in [6.45, 7) is 15.0. The number of halogens is 1. The van der Waals surface area contributed by atoms with Gasteiger partial charge in [0.15, 0.2) is 0 Å². The molecule has 10 nitrogen and oxygen atoms in total. The second kappa shape index (κ2) is 14.7. The first-order valence-electron chi connectivity index (χ1n) is 15.6. The molecule has 4 heterocycles. The Morgan fingerprint density at radius 2 is 1.86 bits per heavy atom. The van der Waals surface area contributed by atoms with Crippen LogP contribution < -0.4 is 15.5 Å². The fraction of sp³-hybridized carbons (Fsp3) is 0.594. The highest BCUT2D eigenvalue weighted by atomic mass is 35.5. The van der Waals surface area contributed by atoms with Gasteiger partial charge in [-0.15, -0.1) is 11.3 Å². The number of hydrogen-bond acceptors (Lipinski definition) is 9. The Hall–Kier alpha value is -2.54. The molecular formula is C32H46ClN7O3S. The van der Waals surface area contributed by atoms with Gasteiger partial charge in [0.1, 0.15) is 10.6 Å². The lowest BCUT2D eigenvalue weighted by Gasteiger charge is -2.33. The summed E-state index contributed by atoms with van der Waals surface area (Å²) in [5, 5.41) is 20.9. The van der Waals surface area contributed by atoms with Gasteiger partial charge in [0, 0.05) is 45.0 Å². The van der Waals surface area contributed by atoms with Gasteiger partial charge in [-0.25, -0.2) is 9.78 Å². The first kappa shape index (κ1) is 32.8. The van der Waals surface area contributed by atoms with Crippen LogP contribution in [0.5, 0.6) is 0 Å². The summed E-state index contributed by atoms with van der Waals surface area (Å²) in [7, 11) is 0. The Morgan fingerprint density at radius 1 is 1.11 bits per heavy atom. The molecule has 2 fully saturated rings. The lowest BCUT2D eigenvalue weighted by atomic mass is 9.87. The first-order chi connectivity index (χ1) is 21.1. The van der Waals surface area contributed by atoms with E-state index in [4.69, 9.17) is 16.3 Å². The quantitative estimate of drug-likeness (QED) is 0.191. The normalized spacial score (nSPS) is 19.6. The van der Waals surface area contributed by atoms with Gasteiger partial charge in [-0.05, 0) is 85.1 Å². The van der Waals surface area contributed by atoms with E-state index in [9.17, 15) is 9.90 Å². The molecule has 44 heavy (non-hydrogen) atoms. The number of morpholine rings is 1. The molecule has 3 N–H and O–H groups in total. The Labute approximate surface area is 269 Å². The van der Waals surface area contributed by atoms with Crippen LogP contribution in [0.4, 0.5) is 16.3 Å². The highest BCUT2D eigenvalue weighted by molar-refractivity contribution is 7.16. The van der Waals surface area contributed by atoms with Gasteiger partial charge in [-0.2, -0.15) is 4.98 Å². The van der Waals surface area contributed by atoms with Crippen LogP contribution in [0.1, 0.15) is 45.6 Å². The maximum Gasteiger partial charge on any atom is 0.319 e. The van der Waals surface area contributed by atoms with Crippen molar-refractivity contribution >= 4 is 50.7 Å². The molecule has 5 rings (SSSR count). The van der Waals surface area contributed by atoms with Gasteiger partial charge in [-0.3, -0.25) is 4.90 Å². The van der Waals surface area contributed by atoms with Crippen LogP contribution in [-0.4, -0.2) is 109 Å². The molecule has 0 aliphatic carbocycles. The number of carbonyl (C=O) groups is 1. The van der Waals surface area contributed by atoms with E-state index in [2.05, 4.69) is 68.2 Å². The van der Waals surface area contributed by atoms with E-state index in [0.717, 1.165) is 80.5 Å². The van der Waals surface area contributed by atoms with Crippen molar-refractivity contribution in [2.24, 2.45) is 0 Å². The van der Waals surface area contributed by atoms with Gasteiger partial charge >= 0.3 is 6.03 Å². The predicted molar refractivity (Wildman–Crippen MR) is 179 cm³/mol. The zero-order chi connectivity index (χ0) is 31.2. The number of aliphatic hydroxyl groups is 1. The maximum atomic E-state index is 12.6. The maximum absolute atomic E-state index is 12.6. The van der Waals surface area contributed by atoms with Crippen molar-refractivity contribution < 1.29 is 14.6 Å². The molecule has 0 radical (unpaired) electrons. The molecule has 0 spiro atoms. The van der Waals surface area contributed by atoms with Crippen molar-refractivity contribution in [3.8, 4) is 0 Å². The third-order valence-electron chi connectivity index (χ3n) is 8.43. The smallest absolute Gasteiger partial charge is 0.319 e. The summed E-state index contributed by atoms with van der Waals surface area (Å²) < 4.78 is 5.50. The van der Waals surface area contributed by atoms with Crippen LogP contribution in [0.15, 0.2) is 35.7 Å². The number of rotatable bonds is 12. The van der Waals surface area contributed by atoms with Crippen LogP contribution in [-0.2, 0) is 10.2 Å². The van der Waals surface area contributed by atoms with Crippen LogP contribution in [0.3, 0.4) is 0 Å². The number of hydrogen-bond donors (Lipinski definition) is 3. The van der Waals surface area contributed by atoms with Gasteiger partial charge in [0.05, 0.1) is 24.2 Å². The van der Waals surface area contributed by atoms with Gasteiger partial charge in [-0.1, -0.05) is 32.9 Å². The van der Waals surface area contributed by atoms with Crippen LogP contribution in [0, 0.1) is 0 Å². The molecule has 1 atom stereocenters. The average molecular weight is 644 g/mol. The molecule has 1 aromatic carbocycles. The SMILES string of the molecule is CC(C)(C)c1ccc(NC(=O)NCCCN(CCCN2CCOCC2)CC2(O)CCN(c3nc(Cl)nc4sccc34)C2)cc1. The number of thiophene rings is 1. The van der Waals surface area contributed by atoms with Crippen molar-refractivity contribution in [1.82, 2.24) is 25.1 Å². The molecule has 3 aromatic rings. The number of fused-ring (bicyclic) bond motifs is 1. The second-order valence-electron chi connectivity index (χ2n) is 13.0. The number of nitrogens with zero attached hydrogens (tertiary/aromatic N) is 5. The zero-order valence-corrected chi connectivity index (χ0v) is 27.7. The van der Waals surface area contributed by atoms with E-state index in [0.29, 0.717) is 32.6 Å². The molecule has 12 heteroatoms. The highest BCUT2D eigenvalue weighted by Gasteiger charge is 2.38. The third kappa shape index (κ3) is 9.02. The summed E-state index contributed by atoms with van der Waals surface area (Å²) in [5.74, 6) is 0.791. The predicted octanol–water partition coefficient (Wildman–Crippen LogP) is 4.82. The number of urea groups is 1. The van der Waals surface area contributed by atoms with E-state index in [1.54, 1.807) is 11.3 Å². The fourth-order valence-electron chi connectivity index (χ4n) is 5.98. The molecule has 0 bridgehead atoms. The van der Waals surface area contributed by atoms with Gasteiger partial charge in [0.25, 0.3) is 0 Å². The first-order valence-corrected chi connectivity index (χ1v) is 16.9. The molecule has 240 valence electrons. The molecule has 2 aliphatic rings. The van der Waals surface area contributed by atoms with E-state index in [1.807, 2.05) is 23.6 Å². The molecule has 2 amide bonds. The number of ether oxygens (including phenoxy) is 1.